The number of carbonyl (C=O) groups is 1. The molecular formula is C21H24FN3O. The molecule has 2 aromatic rings. The Morgan fingerprint density at radius 2 is 1.81 bits per heavy atom. The number of amides is 2. The number of urea groups is 1. The lowest BCUT2D eigenvalue weighted by atomic mass is 9.88. The zero-order chi connectivity index (χ0) is 17.9. The summed E-state index contributed by atoms with van der Waals surface area (Å²) in [6, 6.07) is 14.7. The monoisotopic (exact) mass is 353 g/mol. The van der Waals surface area contributed by atoms with Crippen LogP contribution in [-0.4, -0.2) is 48.6 Å². The van der Waals surface area contributed by atoms with Crippen molar-refractivity contribution in [3.8, 4) is 0 Å². The second kappa shape index (κ2) is 7.46. The standard InChI is InChI=1S/C21H24FN3O/c22-18-8-6-17(7-9-18)20-19-5-2-1-4-16(19)10-14-25(20)21(26)24-13-3-11-23-12-15-24/h1-2,4-9,20,23H,3,10-15H2. The first-order valence-electron chi connectivity index (χ1n) is 9.33. The number of carbonyl (C=O) groups excluding carboxylic acids is 1. The van der Waals surface area contributed by atoms with Gasteiger partial charge in [-0.05, 0) is 48.2 Å². The van der Waals surface area contributed by atoms with E-state index in [1.54, 1.807) is 12.1 Å². The van der Waals surface area contributed by atoms with E-state index in [1.165, 1.54) is 17.7 Å². The number of rotatable bonds is 1. The van der Waals surface area contributed by atoms with Gasteiger partial charge in [0.1, 0.15) is 5.82 Å². The molecule has 4 nitrogen and oxygen atoms in total. The summed E-state index contributed by atoms with van der Waals surface area (Å²) >= 11 is 0. The van der Waals surface area contributed by atoms with Gasteiger partial charge < -0.3 is 15.1 Å². The summed E-state index contributed by atoms with van der Waals surface area (Å²) in [5, 5.41) is 3.35. The van der Waals surface area contributed by atoms with Crippen molar-refractivity contribution in [1.29, 1.82) is 0 Å². The van der Waals surface area contributed by atoms with Gasteiger partial charge in [0, 0.05) is 26.2 Å². The fourth-order valence-corrected chi connectivity index (χ4v) is 4.00. The van der Waals surface area contributed by atoms with E-state index in [4.69, 9.17) is 0 Å². The van der Waals surface area contributed by atoms with Crippen LogP contribution in [0.2, 0.25) is 0 Å². The van der Waals surface area contributed by atoms with Crippen LogP contribution < -0.4 is 5.32 Å². The fraction of sp³-hybridized carbons (Fsp3) is 0.381. The molecule has 1 unspecified atom stereocenters. The van der Waals surface area contributed by atoms with Crippen molar-refractivity contribution < 1.29 is 9.18 Å². The first-order valence-corrected chi connectivity index (χ1v) is 9.33. The molecule has 136 valence electrons. The van der Waals surface area contributed by atoms with E-state index >= 15 is 0 Å². The first-order chi connectivity index (χ1) is 12.7. The first kappa shape index (κ1) is 17.0. The summed E-state index contributed by atoms with van der Waals surface area (Å²) in [6.07, 6.45) is 1.82. The van der Waals surface area contributed by atoms with E-state index in [1.807, 2.05) is 21.9 Å². The molecule has 4 rings (SSSR count). The molecular weight excluding hydrogens is 329 g/mol. The molecule has 2 amide bonds. The maximum absolute atomic E-state index is 13.4. The van der Waals surface area contributed by atoms with Gasteiger partial charge in [-0.15, -0.1) is 0 Å². The van der Waals surface area contributed by atoms with E-state index in [-0.39, 0.29) is 17.9 Å². The van der Waals surface area contributed by atoms with E-state index in [0.29, 0.717) is 6.54 Å². The van der Waals surface area contributed by atoms with Gasteiger partial charge in [-0.1, -0.05) is 36.4 Å². The minimum Gasteiger partial charge on any atom is -0.323 e. The van der Waals surface area contributed by atoms with Gasteiger partial charge in [-0.2, -0.15) is 0 Å². The Morgan fingerprint density at radius 1 is 1.00 bits per heavy atom. The van der Waals surface area contributed by atoms with Crippen molar-refractivity contribution in [2.75, 3.05) is 32.7 Å². The molecule has 2 aromatic carbocycles. The number of hydrogen-bond donors (Lipinski definition) is 1. The summed E-state index contributed by atoms with van der Waals surface area (Å²) in [5.74, 6) is -0.255. The molecule has 0 saturated carbocycles. The Bertz CT molecular complexity index is 769. The summed E-state index contributed by atoms with van der Waals surface area (Å²) in [7, 11) is 0. The second-order valence-corrected chi connectivity index (χ2v) is 6.97. The van der Waals surface area contributed by atoms with Gasteiger partial charge >= 0.3 is 6.03 Å². The molecule has 2 heterocycles. The average Bonchev–Trinajstić information content (AvgIpc) is 2.97. The minimum atomic E-state index is -0.255. The number of halogens is 1. The Morgan fingerprint density at radius 3 is 2.65 bits per heavy atom. The molecule has 0 bridgehead atoms. The third kappa shape index (κ3) is 3.31. The van der Waals surface area contributed by atoms with Crippen LogP contribution in [0.3, 0.4) is 0 Å². The van der Waals surface area contributed by atoms with Crippen molar-refractivity contribution in [3.63, 3.8) is 0 Å². The SMILES string of the molecule is O=C(N1CCCNCC1)N1CCc2ccccc2C1c1ccc(F)cc1. The lowest BCUT2D eigenvalue weighted by Crippen LogP contribution is -2.48. The molecule has 0 aromatic heterocycles. The fourth-order valence-electron chi connectivity index (χ4n) is 4.00. The number of nitrogens with one attached hydrogen (secondary N) is 1. The smallest absolute Gasteiger partial charge is 0.320 e. The minimum absolute atomic E-state index is 0.0810. The topological polar surface area (TPSA) is 35.6 Å². The predicted octanol–water partition coefficient (Wildman–Crippen LogP) is 3.19. The van der Waals surface area contributed by atoms with Crippen LogP contribution in [0.15, 0.2) is 48.5 Å². The molecule has 0 radical (unpaired) electrons. The maximum atomic E-state index is 13.4. The zero-order valence-electron chi connectivity index (χ0n) is 14.8. The molecule has 0 spiro atoms. The van der Waals surface area contributed by atoms with E-state index in [2.05, 4.69) is 17.4 Å². The van der Waals surface area contributed by atoms with Crippen LogP contribution in [0.5, 0.6) is 0 Å². The van der Waals surface area contributed by atoms with Gasteiger partial charge in [0.05, 0.1) is 6.04 Å². The van der Waals surface area contributed by atoms with E-state index in [9.17, 15) is 9.18 Å². The largest absolute Gasteiger partial charge is 0.323 e. The molecule has 2 aliphatic heterocycles. The highest BCUT2D eigenvalue weighted by molar-refractivity contribution is 5.76. The van der Waals surface area contributed by atoms with Gasteiger partial charge in [0.15, 0.2) is 0 Å². The number of fused-ring (bicyclic) bond motifs is 1. The summed E-state index contributed by atoms with van der Waals surface area (Å²) in [5.41, 5.74) is 3.37. The predicted molar refractivity (Wildman–Crippen MR) is 99.6 cm³/mol. The molecule has 1 N–H and O–H groups in total. The lowest BCUT2D eigenvalue weighted by molar-refractivity contribution is 0.140. The average molecular weight is 353 g/mol. The third-order valence-corrected chi connectivity index (χ3v) is 5.33. The van der Waals surface area contributed by atoms with E-state index in [0.717, 1.165) is 50.1 Å². The van der Waals surface area contributed by atoms with Crippen molar-refractivity contribution in [2.24, 2.45) is 0 Å². The molecule has 5 heteroatoms. The van der Waals surface area contributed by atoms with Crippen LogP contribution in [0.4, 0.5) is 9.18 Å². The highest BCUT2D eigenvalue weighted by Gasteiger charge is 2.34. The molecule has 0 aliphatic carbocycles. The van der Waals surface area contributed by atoms with Crippen molar-refractivity contribution in [2.45, 2.75) is 18.9 Å². The van der Waals surface area contributed by atoms with Gasteiger partial charge in [0.2, 0.25) is 0 Å². The summed E-state index contributed by atoms with van der Waals surface area (Å²) < 4.78 is 13.4. The van der Waals surface area contributed by atoms with Crippen LogP contribution in [0.1, 0.15) is 29.2 Å². The second-order valence-electron chi connectivity index (χ2n) is 6.97. The Balaban J connectivity index is 1.70. The van der Waals surface area contributed by atoms with Gasteiger partial charge in [0.25, 0.3) is 0 Å². The summed E-state index contributed by atoms with van der Waals surface area (Å²) in [4.78, 5) is 17.2. The lowest BCUT2D eigenvalue weighted by Gasteiger charge is -2.40. The third-order valence-electron chi connectivity index (χ3n) is 5.33. The zero-order valence-corrected chi connectivity index (χ0v) is 14.8. The Labute approximate surface area is 153 Å². The van der Waals surface area contributed by atoms with Crippen LogP contribution in [-0.2, 0) is 6.42 Å². The molecule has 1 atom stereocenters. The van der Waals surface area contributed by atoms with Gasteiger partial charge in [-0.25, -0.2) is 9.18 Å². The van der Waals surface area contributed by atoms with Crippen molar-refractivity contribution in [3.05, 3.63) is 71.0 Å². The molecule has 2 aliphatic rings. The highest BCUT2D eigenvalue weighted by Crippen LogP contribution is 2.35. The summed E-state index contributed by atoms with van der Waals surface area (Å²) in [6.45, 7) is 3.97. The Hall–Kier alpha value is -2.40. The van der Waals surface area contributed by atoms with Crippen LogP contribution in [0.25, 0.3) is 0 Å². The number of hydrogen-bond acceptors (Lipinski definition) is 2. The number of benzene rings is 2. The van der Waals surface area contributed by atoms with E-state index < -0.39 is 0 Å². The highest BCUT2D eigenvalue weighted by atomic mass is 19.1. The van der Waals surface area contributed by atoms with Gasteiger partial charge in [-0.3, -0.25) is 0 Å². The molecule has 26 heavy (non-hydrogen) atoms. The van der Waals surface area contributed by atoms with Crippen LogP contribution >= 0.6 is 0 Å². The Kier molecular flexibility index (Phi) is 4.89. The normalized spacial score (nSPS) is 20.4. The van der Waals surface area contributed by atoms with Crippen molar-refractivity contribution >= 4 is 6.03 Å². The quantitative estimate of drug-likeness (QED) is 0.855. The molecule has 1 saturated heterocycles. The van der Waals surface area contributed by atoms with Crippen molar-refractivity contribution in [1.82, 2.24) is 15.1 Å². The van der Waals surface area contributed by atoms with Crippen LogP contribution in [0, 0.1) is 5.82 Å². The number of nitrogens with zero attached hydrogens (tertiary/aromatic N) is 2. The maximum Gasteiger partial charge on any atom is 0.320 e. The molecule has 1 fully saturated rings.